The second-order valence-corrected chi connectivity index (χ2v) is 6.82. The van der Waals surface area contributed by atoms with Gasteiger partial charge in [0.25, 0.3) is 0 Å². The Morgan fingerprint density at radius 1 is 0.750 bits per heavy atom. The molecule has 1 heterocycles. The van der Waals surface area contributed by atoms with Gasteiger partial charge in [0, 0.05) is 17.6 Å². The number of hydrogen-bond acceptors (Lipinski definition) is 3. The van der Waals surface area contributed by atoms with Crippen molar-refractivity contribution in [3.05, 3.63) is 74.5 Å². The number of carbonyl (C=O) groups is 2. The molecule has 0 unspecified atom stereocenters. The molecule has 0 radical (unpaired) electrons. The van der Waals surface area contributed by atoms with Crippen LogP contribution in [0.3, 0.4) is 0 Å². The minimum absolute atomic E-state index is 0.00911. The van der Waals surface area contributed by atoms with Gasteiger partial charge >= 0.3 is 0 Å². The van der Waals surface area contributed by atoms with Crippen LogP contribution in [0.25, 0.3) is 0 Å². The Bertz CT molecular complexity index is 900. The fourth-order valence-electron chi connectivity index (χ4n) is 3.81. The number of aryl methyl sites for hydroxylation is 4. The van der Waals surface area contributed by atoms with E-state index in [0.717, 1.165) is 39.1 Å². The average Bonchev–Trinajstić information content (AvgIpc) is 3.07. The number of benzene rings is 2. The largest absolute Gasteiger partial charge is 0.351 e. The smallest absolute Gasteiger partial charge is 0.211 e. The highest BCUT2D eigenvalue weighted by molar-refractivity contribution is 6.26. The van der Waals surface area contributed by atoms with Gasteiger partial charge < -0.3 is 5.32 Å². The molecule has 0 aromatic heterocycles. The molecule has 0 amide bonds. The zero-order chi connectivity index (χ0) is 17.2. The van der Waals surface area contributed by atoms with Crippen LogP contribution in [0.4, 0.5) is 5.69 Å². The lowest BCUT2D eigenvalue weighted by atomic mass is 9.99. The van der Waals surface area contributed by atoms with E-state index in [9.17, 15) is 9.59 Å². The minimum Gasteiger partial charge on any atom is -0.351 e. The molecule has 24 heavy (non-hydrogen) atoms. The van der Waals surface area contributed by atoms with Gasteiger partial charge in [0.1, 0.15) is 0 Å². The zero-order valence-electron chi connectivity index (χ0n) is 14.3. The lowest BCUT2D eigenvalue weighted by Crippen LogP contribution is -2.10. The van der Waals surface area contributed by atoms with Crippen molar-refractivity contribution in [2.75, 3.05) is 5.32 Å². The van der Waals surface area contributed by atoms with E-state index in [1.165, 1.54) is 0 Å². The molecule has 2 aliphatic rings. The van der Waals surface area contributed by atoms with E-state index >= 15 is 0 Å². The molecular formula is C21H19NO2. The van der Waals surface area contributed by atoms with E-state index in [4.69, 9.17) is 0 Å². The molecule has 0 saturated heterocycles. The first-order valence-electron chi connectivity index (χ1n) is 8.19. The zero-order valence-corrected chi connectivity index (χ0v) is 14.3. The first-order valence-corrected chi connectivity index (χ1v) is 8.19. The molecule has 0 fully saturated rings. The maximum absolute atomic E-state index is 13.0. The van der Waals surface area contributed by atoms with Crippen LogP contribution in [0.2, 0.25) is 0 Å². The Morgan fingerprint density at radius 3 is 1.96 bits per heavy atom. The number of ketones is 2. The Labute approximate surface area is 141 Å². The van der Waals surface area contributed by atoms with Gasteiger partial charge in [0.05, 0.1) is 16.9 Å². The van der Waals surface area contributed by atoms with E-state index in [-0.39, 0.29) is 11.6 Å². The van der Waals surface area contributed by atoms with Gasteiger partial charge in [-0.3, -0.25) is 9.59 Å². The van der Waals surface area contributed by atoms with Crippen LogP contribution in [0, 0.1) is 27.7 Å². The summed E-state index contributed by atoms with van der Waals surface area (Å²) in [5.41, 5.74) is 8.49. The summed E-state index contributed by atoms with van der Waals surface area (Å²) in [6.45, 7) is 7.89. The number of Topliss-reactive ketones (excluding diaryl/α,β-unsaturated/α-hetero) is 2. The normalized spacial score (nSPS) is 18.7. The summed E-state index contributed by atoms with van der Waals surface area (Å²) < 4.78 is 0. The standard InChI is InChI=1S/C21H19NO2/c1-10-5-6-11(2)16-14(10)9-15(20(16)23)19-21(24)17-12(3)7-8-13(4)18(17)22-19/h5-8,22H,9H2,1-4H3/b19-15-. The van der Waals surface area contributed by atoms with E-state index in [0.29, 0.717) is 23.3 Å². The van der Waals surface area contributed by atoms with Gasteiger partial charge in [-0.15, -0.1) is 0 Å². The highest BCUT2D eigenvalue weighted by atomic mass is 16.1. The predicted molar refractivity (Wildman–Crippen MR) is 94.8 cm³/mol. The van der Waals surface area contributed by atoms with E-state index in [2.05, 4.69) is 5.32 Å². The van der Waals surface area contributed by atoms with Gasteiger partial charge in [-0.1, -0.05) is 24.3 Å². The van der Waals surface area contributed by atoms with Crippen molar-refractivity contribution in [1.29, 1.82) is 0 Å². The molecule has 2 aromatic rings. The number of carbonyl (C=O) groups excluding carboxylic acids is 2. The highest BCUT2D eigenvalue weighted by Crippen LogP contribution is 2.39. The Kier molecular flexibility index (Phi) is 3.04. The van der Waals surface area contributed by atoms with Crippen LogP contribution < -0.4 is 5.32 Å². The van der Waals surface area contributed by atoms with Crippen LogP contribution in [-0.4, -0.2) is 11.6 Å². The van der Waals surface area contributed by atoms with Gasteiger partial charge in [-0.2, -0.15) is 0 Å². The van der Waals surface area contributed by atoms with Crippen LogP contribution in [0.5, 0.6) is 0 Å². The van der Waals surface area contributed by atoms with Gasteiger partial charge in [-0.05, 0) is 55.5 Å². The fraction of sp³-hybridized carbons (Fsp3) is 0.238. The third-order valence-corrected chi connectivity index (χ3v) is 5.24. The third-order valence-electron chi connectivity index (χ3n) is 5.24. The predicted octanol–water partition coefficient (Wildman–Crippen LogP) is 4.22. The molecule has 3 nitrogen and oxygen atoms in total. The number of anilines is 1. The SMILES string of the molecule is Cc1ccc(C)c2c1C/C(=C1/Nc3c(C)ccc(C)c3C1=O)C2=O. The lowest BCUT2D eigenvalue weighted by molar-refractivity contribution is 0.101. The number of fused-ring (bicyclic) bond motifs is 2. The second kappa shape index (κ2) is 4.91. The molecule has 0 atom stereocenters. The van der Waals surface area contributed by atoms with Crippen LogP contribution in [-0.2, 0) is 6.42 Å². The first kappa shape index (κ1) is 14.9. The van der Waals surface area contributed by atoms with Crippen molar-refractivity contribution in [2.24, 2.45) is 0 Å². The summed E-state index contributed by atoms with van der Waals surface area (Å²) in [6.07, 6.45) is 0.530. The van der Waals surface area contributed by atoms with E-state index in [1.807, 2.05) is 52.0 Å². The molecule has 1 aliphatic heterocycles. The summed E-state index contributed by atoms with van der Waals surface area (Å²) >= 11 is 0. The molecule has 1 aliphatic carbocycles. The molecular weight excluding hydrogens is 298 g/mol. The van der Waals surface area contributed by atoms with Crippen molar-refractivity contribution < 1.29 is 9.59 Å². The summed E-state index contributed by atoms with van der Waals surface area (Å²) in [6, 6.07) is 7.98. The maximum atomic E-state index is 13.0. The summed E-state index contributed by atoms with van der Waals surface area (Å²) in [5, 5.41) is 3.25. The van der Waals surface area contributed by atoms with E-state index in [1.54, 1.807) is 0 Å². The lowest BCUT2D eigenvalue weighted by Gasteiger charge is -2.05. The van der Waals surface area contributed by atoms with Crippen LogP contribution in [0.15, 0.2) is 35.5 Å². The third kappa shape index (κ3) is 1.84. The average molecular weight is 317 g/mol. The molecule has 3 heteroatoms. The Balaban J connectivity index is 1.90. The van der Waals surface area contributed by atoms with Crippen LogP contribution in [0.1, 0.15) is 48.5 Å². The first-order chi connectivity index (χ1) is 11.4. The fourth-order valence-corrected chi connectivity index (χ4v) is 3.81. The van der Waals surface area contributed by atoms with Crippen molar-refractivity contribution >= 4 is 17.3 Å². The second-order valence-electron chi connectivity index (χ2n) is 6.82. The summed E-state index contributed by atoms with van der Waals surface area (Å²) in [4.78, 5) is 25.9. The summed E-state index contributed by atoms with van der Waals surface area (Å²) in [7, 11) is 0. The van der Waals surface area contributed by atoms with Gasteiger partial charge in [0.15, 0.2) is 5.78 Å². The van der Waals surface area contributed by atoms with E-state index < -0.39 is 0 Å². The number of nitrogens with one attached hydrogen (secondary N) is 1. The Hall–Kier alpha value is -2.68. The topological polar surface area (TPSA) is 46.2 Å². The monoisotopic (exact) mass is 317 g/mol. The maximum Gasteiger partial charge on any atom is 0.211 e. The summed E-state index contributed by atoms with van der Waals surface area (Å²) in [5.74, 6) is -0.0668. The van der Waals surface area contributed by atoms with Crippen LogP contribution >= 0.6 is 0 Å². The van der Waals surface area contributed by atoms with Gasteiger partial charge in [-0.25, -0.2) is 0 Å². The van der Waals surface area contributed by atoms with Crippen molar-refractivity contribution in [3.63, 3.8) is 0 Å². The Morgan fingerprint density at radius 2 is 1.33 bits per heavy atom. The number of allylic oxidation sites excluding steroid dienone is 2. The van der Waals surface area contributed by atoms with Crippen molar-refractivity contribution in [1.82, 2.24) is 0 Å². The minimum atomic E-state index is -0.0577. The molecule has 0 saturated carbocycles. The number of rotatable bonds is 0. The van der Waals surface area contributed by atoms with Crippen molar-refractivity contribution in [3.8, 4) is 0 Å². The molecule has 4 rings (SSSR count). The molecule has 1 N–H and O–H groups in total. The molecule has 120 valence electrons. The molecule has 0 bridgehead atoms. The quantitative estimate of drug-likeness (QED) is 0.740. The van der Waals surface area contributed by atoms with Gasteiger partial charge in [0.2, 0.25) is 5.78 Å². The number of hydrogen-bond donors (Lipinski definition) is 1. The molecule has 0 spiro atoms. The highest BCUT2D eigenvalue weighted by Gasteiger charge is 2.36. The van der Waals surface area contributed by atoms with Crippen molar-refractivity contribution in [2.45, 2.75) is 34.1 Å². The molecule has 2 aromatic carbocycles.